The maximum absolute atomic E-state index is 12.8. The first kappa shape index (κ1) is 29.8. The Morgan fingerprint density at radius 2 is 1.49 bits per heavy atom. The molecule has 0 aliphatic heterocycles. The third kappa shape index (κ3) is 8.20. The Balaban J connectivity index is 1.34. The third-order valence-electron chi connectivity index (χ3n) is 6.68. The molecule has 1 atom stereocenters. The summed E-state index contributed by atoms with van der Waals surface area (Å²) < 4.78 is 17.6. The lowest BCUT2D eigenvalue weighted by molar-refractivity contribution is 0.0466. The molecule has 2 N–H and O–H groups in total. The van der Waals surface area contributed by atoms with Gasteiger partial charge in [-0.3, -0.25) is 0 Å². The van der Waals surface area contributed by atoms with Crippen molar-refractivity contribution in [2.45, 2.75) is 25.7 Å². The van der Waals surface area contributed by atoms with Crippen molar-refractivity contribution in [2.24, 2.45) is 5.73 Å². The van der Waals surface area contributed by atoms with Crippen molar-refractivity contribution in [3.05, 3.63) is 125 Å². The second-order valence-electron chi connectivity index (χ2n) is 10.4. The van der Waals surface area contributed by atoms with Crippen LogP contribution in [-0.4, -0.2) is 53.1 Å². The fraction of sp³-hybridized carbons (Fsp3) is 0.235. The van der Waals surface area contributed by atoms with E-state index in [1.165, 1.54) is 0 Å². The van der Waals surface area contributed by atoms with Gasteiger partial charge in [0, 0.05) is 13.0 Å². The van der Waals surface area contributed by atoms with E-state index in [1.807, 2.05) is 93.0 Å². The predicted octanol–water partition coefficient (Wildman–Crippen LogP) is 5.48. The molecule has 0 aliphatic carbocycles. The van der Waals surface area contributed by atoms with Gasteiger partial charge in [0.15, 0.2) is 0 Å². The van der Waals surface area contributed by atoms with Crippen LogP contribution < -0.4 is 5.73 Å². The van der Waals surface area contributed by atoms with Crippen molar-refractivity contribution >= 4 is 5.97 Å². The molecule has 9 heteroatoms. The average Bonchev–Trinajstić information content (AvgIpc) is 3.48. The van der Waals surface area contributed by atoms with Crippen LogP contribution in [0.25, 0.3) is 23.0 Å². The zero-order chi connectivity index (χ0) is 30.0. The number of carbonyl (C=O) groups is 1. The van der Waals surface area contributed by atoms with Gasteiger partial charge in [-0.05, 0) is 49.5 Å². The normalized spacial score (nSPS) is 11.9. The molecule has 0 radical (unpaired) electrons. The van der Waals surface area contributed by atoms with Gasteiger partial charge >= 0.3 is 5.97 Å². The van der Waals surface area contributed by atoms with Crippen LogP contribution >= 0.6 is 0 Å². The van der Waals surface area contributed by atoms with Crippen LogP contribution in [0.5, 0.6) is 0 Å². The number of aromatic nitrogens is 3. The first-order valence-electron chi connectivity index (χ1n) is 14.1. The number of pyridine rings is 2. The average molecular weight is 578 g/mol. The second kappa shape index (κ2) is 14.5. The molecule has 5 aromatic rings. The quantitative estimate of drug-likeness (QED) is 0.182. The molecule has 0 bridgehead atoms. The second-order valence-corrected chi connectivity index (χ2v) is 10.4. The van der Waals surface area contributed by atoms with E-state index >= 15 is 0 Å². The van der Waals surface area contributed by atoms with E-state index in [0.717, 1.165) is 17.7 Å². The fourth-order valence-corrected chi connectivity index (χ4v) is 4.37. The van der Waals surface area contributed by atoms with Crippen LogP contribution in [0.3, 0.4) is 0 Å². The van der Waals surface area contributed by atoms with Gasteiger partial charge in [-0.15, -0.1) is 0 Å². The summed E-state index contributed by atoms with van der Waals surface area (Å²) in [7, 11) is 3.98. The van der Waals surface area contributed by atoms with Crippen molar-refractivity contribution < 1.29 is 18.7 Å². The number of ether oxygens (including phenoxy) is 2. The Morgan fingerprint density at radius 3 is 2.21 bits per heavy atom. The molecule has 0 saturated carbocycles. The van der Waals surface area contributed by atoms with Crippen molar-refractivity contribution in [1.82, 2.24) is 19.9 Å². The summed E-state index contributed by atoms with van der Waals surface area (Å²) in [5, 5.41) is 0. The molecular weight excluding hydrogens is 542 g/mol. The molecule has 2 aromatic carbocycles. The first-order valence-corrected chi connectivity index (χ1v) is 14.1. The van der Waals surface area contributed by atoms with Gasteiger partial charge < -0.3 is 24.5 Å². The monoisotopic (exact) mass is 577 g/mol. The minimum Gasteiger partial charge on any atom is -0.456 e. The highest BCUT2D eigenvalue weighted by Crippen LogP contribution is 2.29. The lowest BCUT2D eigenvalue weighted by atomic mass is 10.2. The molecule has 9 nitrogen and oxygen atoms in total. The minimum absolute atomic E-state index is 0.162. The molecular formula is C34H35N5O4. The SMILES string of the molecule is CN(C)CCc1oc(-c2cccc(C(N)COCc3ccccc3)n2)nc1-c1cccc(C(=O)OCc2ccccc2)n1. The van der Waals surface area contributed by atoms with Gasteiger partial charge in [-0.1, -0.05) is 72.8 Å². The summed E-state index contributed by atoms with van der Waals surface area (Å²) in [6.45, 7) is 1.68. The molecule has 1 unspecified atom stereocenters. The lowest BCUT2D eigenvalue weighted by Crippen LogP contribution is -2.18. The van der Waals surface area contributed by atoms with Gasteiger partial charge in [0.05, 0.1) is 30.6 Å². The molecule has 0 aliphatic rings. The predicted molar refractivity (Wildman–Crippen MR) is 164 cm³/mol. The summed E-state index contributed by atoms with van der Waals surface area (Å²) in [5.41, 5.74) is 10.9. The molecule has 0 amide bonds. The Morgan fingerprint density at radius 1 is 0.814 bits per heavy atom. The van der Waals surface area contributed by atoms with Crippen LogP contribution in [-0.2, 0) is 29.1 Å². The Labute approximate surface area is 251 Å². The van der Waals surface area contributed by atoms with Gasteiger partial charge in [0.2, 0.25) is 5.89 Å². The highest BCUT2D eigenvalue weighted by molar-refractivity contribution is 5.88. The standard InChI is InChI=1S/C34H35N5O4/c1-39(2)20-19-31-32(28-16-10-18-30(37-28)34(40)42-22-25-13-7-4-8-14-25)38-33(43-31)29-17-9-15-27(36-29)26(35)23-41-21-24-11-5-3-6-12-24/h3-18,26H,19-23,35H2,1-2H3. The summed E-state index contributed by atoms with van der Waals surface area (Å²) in [6.07, 6.45) is 0.590. The van der Waals surface area contributed by atoms with E-state index in [-0.39, 0.29) is 12.3 Å². The summed E-state index contributed by atoms with van der Waals surface area (Å²) in [5.74, 6) is 0.484. The number of nitrogens with two attached hydrogens (primary N) is 1. The highest BCUT2D eigenvalue weighted by atomic mass is 16.5. The number of benzene rings is 2. The summed E-state index contributed by atoms with van der Waals surface area (Å²) in [4.78, 5) is 29.0. The molecule has 0 saturated heterocycles. The number of carbonyl (C=O) groups excluding carboxylic acids is 1. The number of hydrogen-bond acceptors (Lipinski definition) is 9. The molecule has 3 aromatic heterocycles. The van der Waals surface area contributed by atoms with Gasteiger partial charge in [0.25, 0.3) is 0 Å². The van der Waals surface area contributed by atoms with Gasteiger partial charge in [-0.25, -0.2) is 19.7 Å². The number of nitrogens with zero attached hydrogens (tertiary/aromatic N) is 4. The highest BCUT2D eigenvalue weighted by Gasteiger charge is 2.21. The maximum atomic E-state index is 12.8. The van der Waals surface area contributed by atoms with E-state index in [4.69, 9.17) is 29.6 Å². The molecule has 5 rings (SSSR count). The summed E-state index contributed by atoms with van der Waals surface area (Å²) >= 11 is 0. The number of rotatable bonds is 13. The zero-order valence-corrected chi connectivity index (χ0v) is 24.3. The molecule has 220 valence electrons. The van der Waals surface area contributed by atoms with Gasteiger partial charge in [0.1, 0.15) is 29.4 Å². The van der Waals surface area contributed by atoms with E-state index in [9.17, 15) is 4.79 Å². The lowest BCUT2D eigenvalue weighted by Gasteiger charge is -2.12. The van der Waals surface area contributed by atoms with Crippen LogP contribution in [0.15, 0.2) is 101 Å². The third-order valence-corrected chi connectivity index (χ3v) is 6.68. The molecule has 0 fully saturated rings. The van der Waals surface area contributed by atoms with E-state index in [1.54, 1.807) is 18.2 Å². The zero-order valence-electron chi connectivity index (χ0n) is 24.3. The Kier molecular flexibility index (Phi) is 10.0. The van der Waals surface area contributed by atoms with Crippen molar-refractivity contribution in [3.63, 3.8) is 0 Å². The smallest absolute Gasteiger partial charge is 0.357 e. The molecule has 43 heavy (non-hydrogen) atoms. The number of hydrogen-bond donors (Lipinski definition) is 1. The Hall–Kier alpha value is -4.70. The number of esters is 1. The van der Waals surface area contributed by atoms with E-state index in [0.29, 0.717) is 54.1 Å². The van der Waals surface area contributed by atoms with Crippen molar-refractivity contribution in [1.29, 1.82) is 0 Å². The first-order chi connectivity index (χ1) is 21.0. The van der Waals surface area contributed by atoms with E-state index < -0.39 is 12.0 Å². The van der Waals surface area contributed by atoms with Crippen molar-refractivity contribution in [3.8, 4) is 23.0 Å². The van der Waals surface area contributed by atoms with Crippen LogP contribution in [0.2, 0.25) is 0 Å². The summed E-state index contributed by atoms with van der Waals surface area (Å²) in [6, 6.07) is 29.8. The Bertz CT molecular complexity index is 1620. The van der Waals surface area contributed by atoms with Gasteiger partial charge in [-0.2, -0.15) is 0 Å². The fourth-order valence-electron chi connectivity index (χ4n) is 4.37. The maximum Gasteiger partial charge on any atom is 0.357 e. The molecule has 0 spiro atoms. The minimum atomic E-state index is -0.512. The topological polar surface area (TPSA) is 117 Å². The van der Waals surface area contributed by atoms with Crippen LogP contribution in [0.1, 0.15) is 39.1 Å². The van der Waals surface area contributed by atoms with Crippen LogP contribution in [0, 0.1) is 0 Å². The number of oxazole rings is 1. The molecule has 3 heterocycles. The number of likely N-dealkylation sites (N-methyl/N-ethyl adjacent to an activating group) is 1. The van der Waals surface area contributed by atoms with Crippen molar-refractivity contribution in [2.75, 3.05) is 27.2 Å². The van der Waals surface area contributed by atoms with E-state index in [2.05, 4.69) is 9.88 Å². The largest absolute Gasteiger partial charge is 0.456 e. The van der Waals surface area contributed by atoms with Crippen LogP contribution in [0.4, 0.5) is 0 Å².